The van der Waals surface area contributed by atoms with E-state index in [1.54, 1.807) is 0 Å². The third-order valence-electron chi connectivity index (χ3n) is 4.94. The Morgan fingerprint density at radius 3 is 2.37 bits per heavy atom. The molecule has 0 radical (unpaired) electrons. The maximum absolute atomic E-state index is 12.3. The van der Waals surface area contributed by atoms with Crippen molar-refractivity contribution in [2.75, 3.05) is 19.6 Å². The van der Waals surface area contributed by atoms with Crippen molar-refractivity contribution in [3.05, 3.63) is 35.4 Å². The Bertz CT molecular complexity index is 611. The van der Waals surface area contributed by atoms with E-state index in [-0.39, 0.29) is 5.91 Å². The largest absolute Gasteiger partial charge is 0.444 e. The van der Waals surface area contributed by atoms with Gasteiger partial charge in [0.15, 0.2) is 0 Å². The molecule has 1 aliphatic rings. The van der Waals surface area contributed by atoms with Crippen molar-refractivity contribution in [1.82, 2.24) is 10.2 Å². The number of rotatable bonds is 6. The highest BCUT2D eigenvalue weighted by Crippen LogP contribution is 2.23. The zero-order chi connectivity index (χ0) is 19.9. The van der Waals surface area contributed by atoms with Crippen LogP contribution in [0, 0.1) is 12.8 Å². The van der Waals surface area contributed by atoms with Crippen LogP contribution in [0.2, 0.25) is 0 Å². The lowest BCUT2D eigenvalue weighted by Crippen LogP contribution is -2.40. The Hall–Kier alpha value is -2.04. The molecule has 5 nitrogen and oxygen atoms in total. The summed E-state index contributed by atoms with van der Waals surface area (Å²) in [5, 5.41) is 2.65. The van der Waals surface area contributed by atoms with Gasteiger partial charge in [-0.05, 0) is 64.9 Å². The molecular formula is C22H34N2O3. The quantitative estimate of drug-likeness (QED) is 0.816. The Labute approximate surface area is 163 Å². The van der Waals surface area contributed by atoms with Crippen molar-refractivity contribution in [1.29, 1.82) is 0 Å². The first-order valence-electron chi connectivity index (χ1n) is 10.0. The molecule has 1 heterocycles. The van der Waals surface area contributed by atoms with Gasteiger partial charge < -0.3 is 15.0 Å². The molecule has 150 valence electrons. The highest BCUT2D eigenvalue weighted by molar-refractivity contribution is 5.77. The third kappa shape index (κ3) is 8.02. The molecule has 1 saturated heterocycles. The Balaban J connectivity index is 1.62. The molecule has 0 aliphatic carbocycles. The summed E-state index contributed by atoms with van der Waals surface area (Å²) in [4.78, 5) is 25.9. The summed E-state index contributed by atoms with van der Waals surface area (Å²) in [6.07, 6.45) is 4.29. The first kappa shape index (κ1) is 21.3. The molecule has 1 aromatic carbocycles. The van der Waals surface area contributed by atoms with E-state index in [1.807, 2.05) is 25.7 Å². The van der Waals surface area contributed by atoms with Crippen molar-refractivity contribution >= 4 is 12.0 Å². The van der Waals surface area contributed by atoms with Crippen LogP contribution < -0.4 is 5.32 Å². The van der Waals surface area contributed by atoms with Crippen LogP contribution in [0.15, 0.2) is 24.3 Å². The zero-order valence-electron chi connectivity index (χ0n) is 17.2. The number of carbonyl (C=O) groups excluding carboxylic acids is 2. The van der Waals surface area contributed by atoms with Gasteiger partial charge in [0.25, 0.3) is 0 Å². The standard InChI is InChI=1S/C22H34N2O3/c1-17-5-7-18(8-6-17)9-10-19-12-15-24(16-13-19)20(25)11-14-23-21(26)27-22(2,3)4/h5-8,19H,9-16H2,1-4H3,(H,23,26). The monoisotopic (exact) mass is 374 g/mol. The number of ether oxygens (including phenoxy) is 1. The van der Waals surface area contributed by atoms with Gasteiger partial charge in [-0.15, -0.1) is 0 Å². The lowest BCUT2D eigenvalue weighted by molar-refractivity contribution is -0.132. The van der Waals surface area contributed by atoms with E-state index in [1.165, 1.54) is 17.5 Å². The van der Waals surface area contributed by atoms with Gasteiger partial charge in [-0.25, -0.2) is 4.79 Å². The molecule has 5 heteroatoms. The summed E-state index contributed by atoms with van der Waals surface area (Å²) < 4.78 is 5.17. The van der Waals surface area contributed by atoms with Crippen LogP contribution >= 0.6 is 0 Å². The van der Waals surface area contributed by atoms with E-state index in [9.17, 15) is 9.59 Å². The molecule has 1 aromatic rings. The zero-order valence-corrected chi connectivity index (χ0v) is 17.2. The van der Waals surface area contributed by atoms with Crippen LogP contribution in [0.25, 0.3) is 0 Å². The normalized spacial score (nSPS) is 15.5. The predicted octanol–water partition coefficient (Wildman–Crippen LogP) is 4.08. The van der Waals surface area contributed by atoms with E-state index in [0.717, 1.165) is 32.4 Å². The highest BCUT2D eigenvalue weighted by Gasteiger charge is 2.23. The first-order chi connectivity index (χ1) is 12.7. The summed E-state index contributed by atoms with van der Waals surface area (Å²) in [5.74, 6) is 0.804. The number of piperidine rings is 1. The number of nitrogens with one attached hydrogen (secondary N) is 1. The SMILES string of the molecule is Cc1ccc(CCC2CCN(C(=O)CCNC(=O)OC(C)(C)C)CC2)cc1. The Kier molecular flexibility index (Phi) is 7.69. The lowest BCUT2D eigenvalue weighted by atomic mass is 9.90. The summed E-state index contributed by atoms with van der Waals surface area (Å²) in [6, 6.07) is 8.77. The molecule has 0 aromatic heterocycles. The molecule has 0 atom stereocenters. The van der Waals surface area contributed by atoms with Gasteiger partial charge in [0.2, 0.25) is 5.91 Å². The molecule has 2 amide bonds. The topological polar surface area (TPSA) is 58.6 Å². The molecule has 27 heavy (non-hydrogen) atoms. The third-order valence-corrected chi connectivity index (χ3v) is 4.94. The Morgan fingerprint density at radius 1 is 1.15 bits per heavy atom. The van der Waals surface area contributed by atoms with Crippen molar-refractivity contribution in [2.24, 2.45) is 5.92 Å². The van der Waals surface area contributed by atoms with Crippen LogP contribution in [0.5, 0.6) is 0 Å². The molecule has 0 unspecified atom stereocenters. The molecule has 0 saturated carbocycles. The molecule has 0 spiro atoms. The van der Waals surface area contributed by atoms with Crippen LogP contribution in [-0.2, 0) is 16.0 Å². The molecule has 1 N–H and O–H groups in total. The summed E-state index contributed by atoms with van der Waals surface area (Å²) in [7, 11) is 0. The highest BCUT2D eigenvalue weighted by atomic mass is 16.6. The molecule has 2 rings (SSSR count). The average Bonchev–Trinajstić information content (AvgIpc) is 2.60. The van der Waals surface area contributed by atoms with Crippen molar-refractivity contribution < 1.29 is 14.3 Å². The number of nitrogens with zero attached hydrogens (tertiary/aromatic N) is 1. The average molecular weight is 375 g/mol. The number of likely N-dealkylation sites (tertiary alicyclic amines) is 1. The summed E-state index contributed by atoms with van der Waals surface area (Å²) >= 11 is 0. The molecular weight excluding hydrogens is 340 g/mol. The minimum Gasteiger partial charge on any atom is -0.444 e. The second kappa shape index (κ2) is 9.77. The van der Waals surface area contributed by atoms with Crippen molar-refractivity contribution in [3.63, 3.8) is 0 Å². The number of carbonyl (C=O) groups is 2. The van der Waals surface area contributed by atoms with Crippen LogP contribution in [0.1, 0.15) is 57.6 Å². The minimum absolute atomic E-state index is 0.114. The minimum atomic E-state index is -0.519. The van der Waals surface area contributed by atoms with E-state index < -0.39 is 11.7 Å². The van der Waals surface area contributed by atoms with Gasteiger partial charge >= 0.3 is 6.09 Å². The maximum Gasteiger partial charge on any atom is 0.407 e. The lowest BCUT2D eigenvalue weighted by Gasteiger charge is -2.32. The van der Waals surface area contributed by atoms with Gasteiger partial charge in [-0.3, -0.25) is 4.79 Å². The first-order valence-corrected chi connectivity index (χ1v) is 10.0. The number of amides is 2. The summed E-state index contributed by atoms with van der Waals surface area (Å²) in [5.41, 5.74) is 2.17. The van der Waals surface area contributed by atoms with E-state index in [2.05, 4.69) is 36.5 Å². The van der Waals surface area contributed by atoms with Gasteiger partial charge in [0, 0.05) is 26.1 Å². The smallest absolute Gasteiger partial charge is 0.407 e. The Morgan fingerprint density at radius 2 is 1.78 bits per heavy atom. The van der Waals surface area contributed by atoms with Crippen LogP contribution in [0.3, 0.4) is 0 Å². The summed E-state index contributed by atoms with van der Waals surface area (Å²) in [6.45, 7) is 9.54. The second-order valence-electron chi connectivity index (χ2n) is 8.53. The predicted molar refractivity (Wildman–Crippen MR) is 108 cm³/mol. The van der Waals surface area contributed by atoms with E-state index >= 15 is 0 Å². The van der Waals surface area contributed by atoms with E-state index in [4.69, 9.17) is 4.74 Å². The number of benzene rings is 1. The molecule has 0 bridgehead atoms. The number of aryl methyl sites for hydroxylation is 2. The number of hydrogen-bond acceptors (Lipinski definition) is 3. The van der Waals surface area contributed by atoms with Crippen LogP contribution in [0.4, 0.5) is 4.79 Å². The van der Waals surface area contributed by atoms with Gasteiger partial charge in [-0.2, -0.15) is 0 Å². The second-order valence-corrected chi connectivity index (χ2v) is 8.53. The fraction of sp³-hybridized carbons (Fsp3) is 0.636. The van der Waals surface area contributed by atoms with Crippen molar-refractivity contribution in [2.45, 2.75) is 65.4 Å². The molecule has 1 fully saturated rings. The van der Waals surface area contributed by atoms with Gasteiger partial charge in [-0.1, -0.05) is 29.8 Å². The van der Waals surface area contributed by atoms with Crippen molar-refractivity contribution in [3.8, 4) is 0 Å². The fourth-order valence-corrected chi connectivity index (χ4v) is 3.34. The number of hydrogen-bond donors (Lipinski definition) is 1. The number of alkyl carbamates (subject to hydrolysis) is 1. The van der Waals surface area contributed by atoms with Crippen LogP contribution in [-0.4, -0.2) is 42.1 Å². The van der Waals surface area contributed by atoms with E-state index in [0.29, 0.717) is 18.9 Å². The van der Waals surface area contributed by atoms with Gasteiger partial charge in [0.1, 0.15) is 5.60 Å². The molecule has 1 aliphatic heterocycles. The fourth-order valence-electron chi connectivity index (χ4n) is 3.34. The van der Waals surface area contributed by atoms with Gasteiger partial charge in [0.05, 0.1) is 0 Å². The maximum atomic E-state index is 12.3.